The summed E-state index contributed by atoms with van der Waals surface area (Å²) in [5.74, 6) is 0.616. The number of pyridine rings is 1. The van der Waals surface area contributed by atoms with Gasteiger partial charge in [0.1, 0.15) is 13.3 Å². The van der Waals surface area contributed by atoms with Gasteiger partial charge in [0.25, 0.3) is 0 Å². The van der Waals surface area contributed by atoms with Crippen molar-refractivity contribution in [3.05, 3.63) is 30.2 Å². The molecule has 0 aliphatic heterocycles. The summed E-state index contributed by atoms with van der Waals surface area (Å²) < 4.78 is 18.3. The van der Waals surface area contributed by atoms with Gasteiger partial charge in [-0.25, -0.2) is 9.18 Å². The van der Waals surface area contributed by atoms with Crippen LogP contribution in [0.5, 0.6) is 0 Å². The fourth-order valence-corrected chi connectivity index (χ4v) is 1.51. The molecular formula is C11H13FN4O2. The van der Waals surface area contributed by atoms with E-state index >= 15 is 0 Å². The van der Waals surface area contributed by atoms with Crippen molar-refractivity contribution < 1.29 is 13.9 Å². The van der Waals surface area contributed by atoms with Crippen LogP contribution in [0.1, 0.15) is 5.82 Å². The van der Waals surface area contributed by atoms with Gasteiger partial charge < -0.3 is 9.64 Å². The van der Waals surface area contributed by atoms with E-state index in [0.29, 0.717) is 11.5 Å². The Bertz CT molecular complexity index is 543. The normalized spacial score (nSPS) is 10.6. The highest BCUT2D eigenvalue weighted by molar-refractivity contribution is 5.67. The largest absolute Gasteiger partial charge is 0.447 e. The van der Waals surface area contributed by atoms with Gasteiger partial charge in [-0.2, -0.15) is 0 Å². The number of carbonyl (C=O) groups is 1. The third-order valence-corrected chi connectivity index (χ3v) is 2.38. The Morgan fingerprint density at radius 1 is 1.50 bits per heavy atom. The lowest BCUT2D eigenvalue weighted by Gasteiger charge is -2.15. The Morgan fingerprint density at radius 3 is 3.11 bits per heavy atom. The zero-order chi connectivity index (χ0) is 13.0. The van der Waals surface area contributed by atoms with Gasteiger partial charge in [-0.1, -0.05) is 6.07 Å². The fourth-order valence-electron chi connectivity index (χ4n) is 1.51. The third-order valence-electron chi connectivity index (χ3n) is 2.38. The second-order valence-corrected chi connectivity index (χ2v) is 3.70. The van der Waals surface area contributed by atoms with E-state index in [2.05, 4.69) is 14.9 Å². The second kappa shape index (κ2) is 5.44. The van der Waals surface area contributed by atoms with Crippen molar-refractivity contribution in [2.45, 2.75) is 6.54 Å². The lowest BCUT2D eigenvalue weighted by Crippen LogP contribution is -2.28. The summed E-state index contributed by atoms with van der Waals surface area (Å²) in [6.07, 6.45) is 1.23. The number of alkyl halides is 1. The van der Waals surface area contributed by atoms with Crippen LogP contribution in [0.4, 0.5) is 9.18 Å². The van der Waals surface area contributed by atoms with Crippen LogP contribution in [-0.2, 0) is 11.3 Å². The number of nitrogens with zero attached hydrogens (tertiary/aromatic N) is 4. The lowest BCUT2D eigenvalue weighted by molar-refractivity contribution is 0.102. The average molecular weight is 252 g/mol. The molecule has 6 nitrogen and oxygen atoms in total. The van der Waals surface area contributed by atoms with Crippen LogP contribution in [0.25, 0.3) is 5.65 Å². The first-order valence-electron chi connectivity index (χ1n) is 5.45. The Labute approximate surface area is 103 Å². The SMILES string of the molecule is CN(Cc1nnc2ccccn12)C(=O)OCCF. The van der Waals surface area contributed by atoms with Crippen molar-refractivity contribution in [2.75, 3.05) is 20.3 Å². The molecule has 2 rings (SSSR count). The minimum absolute atomic E-state index is 0.232. The number of halogens is 1. The molecule has 0 aromatic carbocycles. The minimum atomic E-state index is -0.687. The number of hydrogen-bond donors (Lipinski definition) is 0. The molecule has 0 spiro atoms. The first-order chi connectivity index (χ1) is 8.72. The van der Waals surface area contributed by atoms with Crippen LogP contribution in [0.3, 0.4) is 0 Å². The van der Waals surface area contributed by atoms with Crippen molar-refractivity contribution in [2.24, 2.45) is 0 Å². The molecule has 0 atom stereocenters. The quantitative estimate of drug-likeness (QED) is 0.822. The third kappa shape index (κ3) is 2.55. The Kier molecular flexibility index (Phi) is 3.71. The standard InChI is InChI=1S/C11H13FN4O2/c1-15(11(17)18-7-5-12)8-10-14-13-9-4-2-3-6-16(9)10/h2-4,6H,5,7-8H2,1H3. The molecule has 0 radical (unpaired) electrons. The van der Waals surface area contributed by atoms with E-state index < -0.39 is 12.8 Å². The molecule has 0 aliphatic carbocycles. The fraction of sp³-hybridized carbons (Fsp3) is 0.364. The molecule has 2 aromatic rings. The number of hydrogen-bond acceptors (Lipinski definition) is 4. The van der Waals surface area contributed by atoms with Gasteiger partial charge in [0.2, 0.25) is 0 Å². The highest BCUT2D eigenvalue weighted by atomic mass is 19.1. The molecule has 0 fully saturated rings. The molecule has 2 aromatic heterocycles. The summed E-state index contributed by atoms with van der Waals surface area (Å²) in [6.45, 7) is -0.673. The summed E-state index contributed by atoms with van der Waals surface area (Å²) >= 11 is 0. The molecule has 0 unspecified atom stereocenters. The minimum Gasteiger partial charge on any atom is -0.447 e. The first-order valence-corrected chi connectivity index (χ1v) is 5.45. The number of amides is 1. The molecule has 0 bridgehead atoms. The summed E-state index contributed by atoms with van der Waals surface area (Å²) in [4.78, 5) is 12.8. The van der Waals surface area contributed by atoms with Gasteiger partial charge in [0.05, 0.1) is 6.54 Å². The number of ether oxygens (including phenoxy) is 1. The van der Waals surface area contributed by atoms with Gasteiger partial charge in [0.15, 0.2) is 11.5 Å². The number of rotatable bonds is 4. The van der Waals surface area contributed by atoms with Crippen molar-refractivity contribution in [3.63, 3.8) is 0 Å². The highest BCUT2D eigenvalue weighted by Crippen LogP contribution is 2.05. The topological polar surface area (TPSA) is 59.7 Å². The number of aromatic nitrogens is 3. The monoisotopic (exact) mass is 252 g/mol. The molecule has 18 heavy (non-hydrogen) atoms. The van der Waals surface area contributed by atoms with Gasteiger partial charge in [-0.15, -0.1) is 10.2 Å². The van der Waals surface area contributed by atoms with Crippen LogP contribution < -0.4 is 0 Å². The molecular weight excluding hydrogens is 239 g/mol. The smallest absolute Gasteiger partial charge is 0.409 e. The van der Waals surface area contributed by atoms with Crippen molar-refractivity contribution in [1.29, 1.82) is 0 Å². The summed E-state index contributed by atoms with van der Waals surface area (Å²) in [5.41, 5.74) is 0.707. The van der Waals surface area contributed by atoms with E-state index in [1.165, 1.54) is 4.90 Å². The maximum absolute atomic E-state index is 11.9. The second-order valence-electron chi connectivity index (χ2n) is 3.70. The van der Waals surface area contributed by atoms with Gasteiger partial charge in [-0.3, -0.25) is 4.40 Å². The maximum Gasteiger partial charge on any atom is 0.409 e. The molecule has 2 heterocycles. The highest BCUT2D eigenvalue weighted by Gasteiger charge is 2.13. The van der Waals surface area contributed by atoms with Crippen molar-refractivity contribution in [1.82, 2.24) is 19.5 Å². The Balaban J connectivity index is 2.07. The number of fused-ring (bicyclic) bond motifs is 1. The Morgan fingerprint density at radius 2 is 2.33 bits per heavy atom. The lowest BCUT2D eigenvalue weighted by atomic mass is 10.4. The molecule has 96 valence electrons. The van der Waals surface area contributed by atoms with Crippen LogP contribution in [0.15, 0.2) is 24.4 Å². The van der Waals surface area contributed by atoms with Crippen LogP contribution in [0, 0.1) is 0 Å². The molecule has 1 amide bonds. The van der Waals surface area contributed by atoms with Gasteiger partial charge >= 0.3 is 6.09 Å². The van der Waals surface area contributed by atoms with Gasteiger partial charge in [0, 0.05) is 13.2 Å². The van der Waals surface area contributed by atoms with E-state index in [0.717, 1.165) is 0 Å². The molecule has 0 aliphatic rings. The van der Waals surface area contributed by atoms with E-state index in [9.17, 15) is 9.18 Å². The predicted molar refractivity (Wildman–Crippen MR) is 61.8 cm³/mol. The van der Waals surface area contributed by atoms with E-state index in [4.69, 9.17) is 0 Å². The predicted octanol–water partition coefficient (Wildman–Crippen LogP) is 1.27. The number of carbonyl (C=O) groups excluding carboxylic acids is 1. The summed E-state index contributed by atoms with van der Waals surface area (Å²) in [7, 11) is 1.56. The summed E-state index contributed by atoms with van der Waals surface area (Å²) in [5, 5.41) is 7.95. The summed E-state index contributed by atoms with van der Waals surface area (Å²) in [6, 6.07) is 5.52. The average Bonchev–Trinajstić information content (AvgIpc) is 2.79. The van der Waals surface area contributed by atoms with Crippen LogP contribution >= 0.6 is 0 Å². The Hall–Kier alpha value is -2.18. The van der Waals surface area contributed by atoms with Crippen molar-refractivity contribution >= 4 is 11.7 Å². The van der Waals surface area contributed by atoms with Gasteiger partial charge in [-0.05, 0) is 12.1 Å². The first kappa shape index (κ1) is 12.3. The zero-order valence-corrected chi connectivity index (χ0v) is 9.91. The van der Waals surface area contributed by atoms with Crippen LogP contribution in [-0.4, -0.2) is 45.9 Å². The van der Waals surface area contributed by atoms with E-state index in [1.807, 2.05) is 24.4 Å². The van der Waals surface area contributed by atoms with Crippen molar-refractivity contribution in [3.8, 4) is 0 Å². The van der Waals surface area contributed by atoms with E-state index in [1.54, 1.807) is 11.4 Å². The van der Waals surface area contributed by atoms with E-state index in [-0.39, 0.29) is 13.2 Å². The molecule has 0 saturated carbocycles. The molecule has 0 N–H and O–H groups in total. The molecule has 7 heteroatoms. The molecule has 0 saturated heterocycles. The zero-order valence-electron chi connectivity index (χ0n) is 9.91. The van der Waals surface area contributed by atoms with Crippen LogP contribution in [0.2, 0.25) is 0 Å². The maximum atomic E-state index is 11.9.